The number of carbonyl (C=O) groups is 3. The Labute approximate surface area is 168 Å². The molecule has 1 saturated heterocycles. The van der Waals surface area contributed by atoms with Gasteiger partial charge in [0.05, 0.1) is 13.0 Å². The number of ether oxygens (including phenoxy) is 1. The van der Waals surface area contributed by atoms with Crippen molar-refractivity contribution in [1.82, 2.24) is 5.32 Å². The van der Waals surface area contributed by atoms with Crippen molar-refractivity contribution in [3.8, 4) is 0 Å². The van der Waals surface area contributed by atoms with Crippen molar-refractivity contribution in [3.63, 3.8) is 0 Å². The summed E-state index contributed by atoms with van der Waals surface area (Å²) in [4.78, 5) is 34.3. The summed E-state index contributed by atoms with van der Waals surface area (Å²) in [6.07, 6.45) is 2.73. The third-order valence-corrected chi connectivity index (χ3v) is 7.90. The van der Waals surface area contributed by atoms with Crippen LogP contribution in [0.5, 0.6) is 0 Å². The maximum atomic E-state index is 11.9. The molecule has 156 valence electrons. The van der Waals surface area contributed by atoms with Gasteiger partial charge in [-0.1, -0.05) is 41.9 Å². The van der Waals surface area contributed by atoms with E-state index >= 15 is 0 Å². The second-order valence-corrected chi connectivity index (χ2v) is 10.8. The van der Waals surface area contributed by atoms with E-state index in [1.54, 1.807) is 13.8 Å². The number of aliphatic carboxylic acids is 1. The summed E-state index contributed by atoms with van der Waals surface area (Å²) in [6, 6.07) is 0. The third-order valence-electron chi connectivity index (χ3n) is 4.54. The second-order valence-electron chi connectivity index (χ2n) is 7.80. The van der Waals surface area contributed by atoms with E-state index in [0.29, 0.717) is 11.2 Å². The first-order valence-electron chi connectivity index (χ1n) is 9.20. The van der Waals surface area contributed by atoms with Gasteiger partial charge in [0, 0.05) is 28.9 Å². The van der Waals surface area contributed by atoms with E-state index in [0.717, 1.165) is 19.3 Å². The average molecular weight is 422 g/mol. The van der Waals surface area contributed by atoms with E-state index in [2.05, 4.69) is 12.2 Å². The van der Waals surface area contributed by atoms with Crippen molar-refractivity contribution >= 4 is 39.4 Å². The molecule has 9 heteroatoms. The number of hydrogen-bond donors (Lipinski definition) is 3. The Hall–Kier alpha value is -0.930. The fraction of sp³-hybridized carbons (Fsp3) is 0.833. The average Bonchev–Trinajstić information content (AvgIpc) is 3.02. The van der Waals surface area contributed by atoms with E-state index in [9.17, 15) is 19.5 Å². The van der Waals surface area contributed by atoms with Crippen molar-refractivity contribution in [1.29, 1.82) is 0 Å². The van der Waals surface area contributed by atoms with Crippen LogP contribution in [0.2, 0.25) is 0 Å². The number of esters is 1. The second kappa shape index (κ2) is 11.2. The lowest BCUT2D eigenvalue weighted by Crippen LogP contribution is -2.46. The first-order valence-corrected chi connectivity index (χ1v) is 11.5. The molecule has 0 bridgehead atoms. The number of aliphatic hydroxyl groups is 1. The molecule has 2 atom stereocenters. The SMILES string of the molecule is CC(C)(COC(=O)CCCC[C@]1(C)CCSS1)[C@@H](O)C(=O)NCCC(=O)O. The Morgan fingerprint density at radius 3 is 2.56 bits per heavy atom. The summed E-state index contributed by atoms with van der Waals surface area (Å²) in [5.74, 6) is -0.847. The van der Waals surface area contributed by atoms with Crippen LogP contribution in [-0.4, -0.2) is 57.8 Å². The lowest BCUT2D eigenvalue weighted by Gasteiger charge is -2.29. The predicted molar refractivity (Wildman–Crippen MR) is 108 cm³/mol. The van der Waals surface area contributed by atoms with Gasteiger partial charge < -0.3 is 20.3 Å². The third kappa shape index (κ3) is 9.21. The van der Waals surface area contributed by atoms with Crippen LogP contribution in [0.15, 0.2) is 0 Å². The fourth-order valence-corrected chi connectivity index (χ4v) is 5.88. The molecule has 7 nitrogen and oxygen atoms in total. The highest BCUT2D eigenvalue weighted by Crippen LogP contribution is 2.49. The molecule has 0 unspecified atom stereocenters. The molecule has 27 heavy (non-hydrogen) atoms. The Morgan fingerprint density at radius 1 is 1.26 bits per heavy atom. The molecule has 0 aliphatic carbocycles. The molecule has 0 aromatic carbocycles. The maximum Gasteiger partial charge on any atom is 0.305 e. The van der Waals surface area contributed by atoms with Crippen LogP contribution in [0.3, 0.4) is 0 Å². The highest BCUT2D eigenvalue weighted by molar-refractivity contribution is 8.77. The molecule has 0 saturated carbocycles. The minimum Gasteiger partial charge on any atom is -0.481 e. The summed E-state index contributed by atoms with van der Waals surface area (Å²) < 4.78 is 5.55. The highest BCUT2D eigenvalue weighted by atomic mass is 33.1. The topological polar surface area (TPSA) is 113 Å². The van der Waals surface area contributed by atoms with E-state index in [1.165, 1.54) is 12.2 Å². The molecule has 0 aromatic heterocycles. The number of carboxylic acid groups (broad SMARTS) is 1. The first kappa shape index (κ1) is 24.1. The first-order chi connectivity index (χ1) is 12.6. The van der Waals surface area contributed by atoms with Crippen LogP contribution in [0.4, 0.5) is 0 Å². The van der Waals surface area contributed by atoms with Crippen molar-refractivity contribution in [2.75, 3.05) is 18.9 Å². The van der Waals surface area contributed by atoms with E-state index in [4.69, 9.17) is 9.84 Å². The zero-order chi connectivity index (χ0) is 20.5. The van der Waals surface area contributed by atoms with Gasteiger partial charge in [-0.25, -0.2) is 0 Å². The number of aliphatic hydroxyl groups excluding tert-OH is 1. The van der Waals surface area contributed by atoms with Crippen molar-refractivity contribution in [2.24, 2.45) is 5.41 Å². The van der Waals surface area contributed by atoms with Gasteiger partial charge in [0.15, 0.2) is 0 Å². The van der Waals surface area contributed by atoms with Crippen LogP contribution in [0, 0.1) is 5.41 Å². The number of hydrogen-bond acceptors (Lipinski definition) is 7. The summed E-state index contributed by atoms with van der Waals surface area (Å²) >= 11 is 0. The summed E-state index contributed by atoms with van der Waals surface area (Å²) in [7, 11) is 3.84. The molecule has 3 N–H and O–H groups in total. The molecule has 1 rings (SSSR count). The lowest BCUT2D eigenvalue weighted by atomic mass is 9.87. The Kier molecular flexibility index (Phi) is 9.97. The van der Waals surface area contributed by atoms with E-state index in [-0.39, 0.29) is 25.5 Å². The van der Waals surface area contributed by atoms with Gasteiger partial charge in [0.2, 0.25) is 5.91 Å². The Morgan fingerprint density at radius 2 is 1.96 bits per heavy atom. The standard InChI is InChI=1S/C18H31NO6S2/c1-17(2,15(23)16(24)19-10-7-13(20)21)12-25-14(22)6-4-5-8-18(3)9-11-26-27-18/h15,23H,4-12H2,1-3H3,(H,19,24)(H,20,21)/t15-,18+/m0/s1. The molecule has 0 aromatic rings. The zero-order valence-electron chi connectivity index (χ0n) is 16.3. The largest absolute Gasteiger partial charge is 0.481 e. The van der Waals surface area contributed by atoms with Crippen molar-refractivity contribution in [3.05, 3.63) is 0 Å². The van der Waals surface area contributed by atoms with Crippen LogP contribution in [0.25, 0.3) is 0 Å². The molecule has 1 fully saturated rings. The number of rotatable bonds is 12. The number of nitrogens with one attached hydrogen (secondary N) is 1. The van der Waals surface area contributed by atoms with Gasteiger partial charge in [-0.2, -0.15) is 0 Å². The molecular formula is C18H31NO6S2. The number of carboxylic acids is 1. The number of unbranched alkanes of at least 4 members (excludes halogenated alkanes) is 1. The molecule has 0 spiro atoms. The van der Waals surface area contributed by atoms with E-state index in [1.807, 2.05) is 21.6 Å². The molecule has 1 aliphatic heterocycles. The minimum atomic E-state index is -1.39. The molecule has 0 radical (unpaired) electrons. The molecule has 1 aliphatic rings. The number of carbonyl (C=O) groups excluding carboxylic acids is 2. The highest BCUT2D eigenvalue weighted by Gasteiger charge is 2.35. The molecule has 1 heterocycles. The van der Waals surface area contributed by atoms with Crippen molar-refractivity contribution < 1.29 is 29.3 Å². The predicted octanol–water partition coefficient (Wildman–Crippen LogP) is 2.61. The van der Waals surface area contributed by atoms with Gasteiger partial charge in [-0.15, -0.1) is 0 Å². The van der Waals surface area contributed by atoms with Gasteiger partial charge in [-0.3, -0.25) is 14.4 Å². The molecule has 1 amide bonds. The van der Waals surface area contributed by atoms with Crippen LogP contribution >= 0.6 is 21.6 Å². The van der Waals surface area contributed by atoms with Gasteiger partial charge in [-0.05, 0) is 26.2 Å². The van der Waals surface area contributed by atoms with E-state index < -0.39 is 23.4 Å². The lowest BCUT2D eigenvalue weighted by molar-refractivity contribution is -0.153. The van der Waals surface area contributed by atoms with Crippen LogP contribution < -0.4 is 5.32 Å². The van der Waals surface area contributed by atoms with Crippen molar-refractivity contribution in [2.45, 2.75) is 70.1 Å². The summed E-state index contributed by atoms with van der Waals surface area (Å²) in [5.41, 5.74) is -0.964. The van der Waals surface area contributed by atoms with Gasteiger partial charge in [0.25, 0.3) is 0 Å². The zero-order valence-corrected chi connectivity index (χ0v) is 17.9. The Balaban J connectivity index is 2.25. The molecular weight excluding hydrogens is 390 g/mol. The fourth-order valence-electron chi connectivity index (χ4n) is 2.58. The summed E-state index contributed by atoms with van der Waals surface area (Å²) in [6.45, 7) is 5.37. The van der Waals surface area contributed by atoms with Gasteiger partial charge in [0.1, 0.15) is 6.10 Å². The van der Waals surface area contributed by atoms with Crippen LogP contribution in [0.1, 0.15) is 59.3 Å². The summed E-state index contributed by atoms with van der Waals surface area (Å²) in [5, 5.41) is 21.1. The maximum absolute atomic E-state index is 11.9. The smallest absolute Gasteiger partial charge is 0.305 e. The quantitative estimate of drug-likeness (QED) is 0.250. The van der Waals surface area contributed by atoms with Crippen LogP contribution in [-0.2, 0) is 19.1 Å². The number of amides is 1. The monoisotopic (exact) mass is 421 g/mol. The normalized spacial score (nSPS) is 20.9. The Bertz CT molecular complexity index is 520. The van der Waals surface area contributed by atoms with Gasteiger partial charge >= 0.3 is 11.9 Å². The minimum absolute atomic E-state index is 0.0587.